The lowest BCUT2D eigenvalue weighted by molar-refractivity contribution is -0.134. The standard InChI is InChI=1S/C66H56O32/c1-27(67)82-42-16-43(83-28(2)68)18-44(17-42)97-63-56(93-38(12)78)25-48(59(65(63)95-40(14)80)60-51(88-33(7)73)19-45(84-29(3)69)20-52(60)89-34(8)74)58-49(86-31(5)71)23-47(24-50(58)87-32(6)72)98-64-57(94-39(13)79)26-55(92-37(11)77)62(66(64)96-41(15)81)61-53(90-35(9)75)21-46(85-30(4)70)22-54(61)91-36(10)76/h16-26H,1-15H3. The molecule has 98 heavy (non-hydrogen) atoms. The van der Waals surface area contributed by atoms with Crippen molar-refractivity contribution in [2.75, 3.05) is 0 Å². The summed E-state index contributed by atoms with van der Waals surface area (Å²) >= 11 is 0. The molecule has 0 unspecified atom stereocenters. The smallest absolute Gasteiger partial charge is 0.308 e. The Hall–Kier alpha value is -13.0. The van der Waals surface area contributed by atoms with Gasteiger partial charge in [0.2, 0.25) is 11.5 Å². The SMILES string of the molecule is CC(=O)Oc1cc(OC(C)=O)cc(Oc2c(OC(C)=O)cc(-c3c(OC(C)=O)cc(Oc4c(OC(C)=O)cc(OC(C)=O)c(-c5c(OC(C)=O)cc(OC(C)=O)cc5OC(C)=O)c4OC(C)=O)cc3OC(C)=O)c(-c3c(OC(C)=O)cc(OC(C)=O)cc3OC(C)=O)c2OC(C)=O)c1. The molecule has 0 amide bonds. The average molecular weight is 1360 g/mol. The molecule has 0 fully saturated rings. The minimum atomic E-state index is -1.26. The van der Waals surface area contributed by atoms with Crippen molar-refractivity contribution < 1.29 is 152 Å². The highest BCUT2D eigenvalue weighted by Crippen LogP contribution is 2.61. The van der Waals surface area contributed by atoms with E-state index >= 15 is 0 Å². The van der Waals surface area contributed by atoms with Crippen LogP contribution in [0.5, 0.6) is 109 Å². The third-order valence-corrected chi connectivity index (χ3v) is 11.4. The Morgan fingerprint density at radius 1 is 0.173 bits per heavy atom. The van der Waals surface area contributed by atoms with Crippen molar-refractivity contribution >= 4 is 89.5 Å². The first-order chi connectivity index (χ1) is 45.8. The summed E-state index contributed by atoms with van der Waals surface area (Å²) in [5.41, 5.74) is -4.05. The van der Waals surface area contributed by atoms with Crippen LogP contribution in [0.15, 0.2) is 66.7 Å². The molecule has 0 bridgehead atoms. The van der Waals surface area contributed by atoms with Crippen molar-refractivity contribution in [2.24, 2.45) is 0 Å². The predicted octanol–water partition coefficient (Wildman–Crippen LogP) is 9.15. The number of esters is 15. The van der Waals surface area contributed by atoms with Crippen LogP contribution in [0.1, 0.15) is 104 Å². The lowest BCUT2D eigenvalue weighted by atomic mass is 9.90. The molecule has 0 aliphatic heterocycles. The Balaban J connectivity index is 1.96. The van der Waals surface area contributed by atoms with Gasteiger partial charge in [0.15, 0.2) is 23.0 Å². The maximum Gasteiger partial charge on any atom is 0.308 e. The number of hydrogen-bond donors (Lipinski definition) is 0. The molecule has 0 aliphatic rings. The first kappa shape index (κ1) is 74.0. The van der Waals surface area contributed by atoms with Gasteiger partial charge in [-0.25, -0.2) is 0 Å². The van der Waals surface area contributed by atoms with E-state index in [1.165, 1.54) is 0 Å². The molecule has 0 N–H and O–H groups in total. The molecule has 6 rings (SSSR count). The van der Waals surface area contributed by atoms with E-state index in [0.29, 0.717) is 0 Å². The number of benzene rings is 6. The maximum absolute atomic E-state index is 13.8. The highest BCUT2D eigenvalue weighted by Gasteiger charge is 2.38. The fourth-order valence-corrected chi connectivity index (χ4v) is 8.93. The van der Waals surface area contributed by atoms with Gasteiger partial charge in [-0.1, -0.05) is 0 Å². The van der Waals surface area contributed by atoms with Crippen LogP contribution in [0.4, 0.5) is 0 Å². The quantitative estimate of drug-likeness (QED) is 0.0451. The van der Waals surface area contributed by atoms with Crippen molar-refractivity contribution in [2.45, 2.75) is 104 Å². The Morgan fingerprint density at radius 2 is 0.378 bits per heavy atom. The summed E-state index contributed by atoms with van der Waals surface area (Å²) < 4.78 is 96.8. The average Bonchev–Trinajstić information content (AvgIpc) is 0.742. The van der Waals surface area contributed by atoms with Gasteiger partial charge < -0.3 is 80.5 Å². The van der Waals surface area contributed by atoms with E-state index in [0.717, 1.165) is 171 Å². The zero-order chi connectivity index (χ0) is 72.9. The summed E-state index contributed by atoms with van der Waals surface area (Å²) in [6.45, 7) is 13.8. The topological polar surface area (TPSA) is 413 Å². The van der Waals surface area contributed by atoms with E-state index in [4.69, 9.17) is 80.5 Å². The van der Waals surface area contributed by atoms with E-state index in [1.807, 2.05) is 0 Å². The van der Waals surface area contributed by atoms with Gasteiger partial charge in [0.1, 0.15) is 74.7 Å². The number of carbonyl (C=O) groups excluding carboxylic acids is 15. The van der Waals surface area contributed by atoms with Crippen LogP contribution < -0.4 is 80.5 Å². The summed E-state index contributed by atoms with van der Waals surface area (Å²) in [5.74, 6) is -29.8. The Kier molecular flexibility index (Phi) is 24.0. The molecule has 0 aromatic heterocycles. The maximum atomic E-state index is 13.8. The van der Waals surface area contributed by atoms with Crippen molar-refractivity contribution in [3.8, 4) is 143 Å². The van der Waals surface area contributed by atoms with Gasteiger partial charge in [0.05, 0.1) is 22.3 Å². The van der Waals surface area contributed by atoms with Crippen molar-refractivity contribution in [3.63, 3.8) is 0 Å². The number of hydrogen-bond acceptors (Lipinski definition) is 32. The summed E-state index contributed by atoms with van der Waals surface area (Å²) in [6, 6.07) is 10.3. The molecule has 0 spiro atoms. The second kappa shape index (κ2) is 31.7. The van der Waals surface area contributed by atoms with Gasteiger partial charge in [-0.3, -0.25) is 71.9 Å². The van der Waals surface area contributed by atoms with Crippen LogP contribution in [-0.2, 0) is 71.9 Å². The van der Waals surface area contributed by atoms with Gasteiger partial charge in [-0.15, -0.1) is 0 Å². The van der Waals surface area contributed by atoms with Gasteiger partial charge in [-0.2, -0.15) is 0 Å². The van der Waals surface area contributed by atoms with Gasteiger partial charge >= 0.3 is 89.5 Å². The lowest BCUT2D eigenvalue weighted by Crippen LogP contribution is -2.13. The molecular weight excluding hydrogens is 1300 g/mol. The highest BCUT2D eigenvalue weighted by molar-refractivity contribution is 6.03. The molecule has 512 valence electrons. The molecule has 0 heterocycles. The Labute approximate surface area is 553 Å². The number of ether oxygens (including phenoxy) is 17. The van der Waals surface area contributed by atoms with Crippen LogP contribution >= 0.6 is 0 Å². The first-order valence-electron chi connectivity index (χ1n) is 28.1. The predicted molar refractivity (Wildman–Crippen MR) is 325 cm³/mol. The second-order valence-electron chi connectivity index (χ2n) is 20.0. The van der Waals surface area contributed by atoms with Crippen molar-refractivity contribution in [1.82, 2.24) is 0 Å². The molecule has 32 heteroatoms. The van der Waals surface area contributed by atoms with Gasteiger partial charge in [0, 0.05) is 176 Å². The number of carbonyl (C=O) groups is 15. The van der Waals surface area contributed by atoms with Crippen LogP contribution in [0.2, 0.25) is 0 Å². The fraction of sp³-hybridized carbons (Fsp3) is 0.227. The Morgan fingerprint density at radius 3 is 0.673 bits per heavy atom. The molecule has 6 aromatic rings. The molecule has 0 saturated heterocycles. The third-order valence-electron chi connectivity index (χ3n) is 11.4. The molecular formula is C66H56O32. The van der Waals surface area contributed by atoms with Crippen molar-refractivity contribution in [3.05, 3.63) is 66.7 Å². The fourth-order valence-electron chi connectivity index (χ4n) is 8.93. The molecule has 32 nitrogen and oxygen atoms in total. The normalized spacial score (nSPS) is 10.4. The van der Waals surface area contributed by atoms with E-state index in [2.05, 4.69) is 0 Å². The Bertz CT molecular complexity index is 4250. The lowest BCUT2D eigenvalue weighted by Gasteiger charge is -2.26. The van der Waals surface area contributed by atoms with Crippen LogP contribution in [0.25, 0.3) is 33.4 Å². The minimum absolute atomic E-state index is 0.342. The second-order valence-corrected chi connectivity index (χ2v) is 20.0. The van der Waals surface area contributed by atoms with Crippen LogP contribution in [0, 0.1) is 0 Å². The van der Waals surface area contributed by atoms with E-state index in [9.17, 15) is 71.9 Å². The monoisotopic (exact) mass is 1360 g/mol. The molecule has 0 aliphatic carbocycles. The summed E-state index contributed by atoms with van der Waals surface area (Å²) in [6.07, 6.45) is 0. The number of rotatable bonds is 22. The summed E-state index contributed by atoms with van der Waals surface area (Å²) in [7, 11) is 0. The molecule has 0 atom stereocenters. The van der Waals surface area contributed by atoms with Gasteiger partial charge in [0.25, 0.3) is 0 Å². The summed E-state index contributed by atoms with van der Waals surface area (Å²) in [4.78, 5) is 196. The van der Waals surface area contributed by atoms with Crippen LogP contribution in [-0.4, -0.2) is 89.5 Å². The largest absolute Gasteiger partial charge is 0.449 e. The molecule has 0 radical (unpaired) electrons. The van der Waals surface area contributed by atoms with E-state index < -0.39 is 221 Å². The molecule has 6 aromatic carbocycles. The molecule has 0 saturated carbocycles. The highest BCUT2D eigenvalue weighted by atomic mass is 16.6. The minimum Gasteiger partial charge on any atom is -0.449 e. The summed E-state index contributed by atoms with van der Waals surface area (Å²) in [5, 5.41) is 0. The van der Waals surface area contributed by atoms with Crippen molar-refractivity contribution in [1.29, 1.82) is 0 Å². The third kappa shape index (κ3) is 20.0. The van der Waals surface area contributed by atoms with E-state index in [-0.39, 0.29) is 11.5 Å². The zero-order valence-electron chi connectivity index (χ0n) is 54.4. The van der Waals surface area contributed by atoms with E-state index in [1.54, 1.807) is 0 Å². The van der Waals surface area contributed by atoms with Gasteiger partial charge in [-0.05, 0) is 6.07 Å². The zero-order valence-corrected chi connectivity index (χ0v) is 54.4. The van der Waals surface area contributed by atoms with Crippen LogP contribution in [0.3, 0.4) is 0 Å². The first-order valence-corrected chi connectivity index (χ1v) is 28.1.